The lowest BCUT2D eigenvalue weighted by Crippen LogP contribution is -2.20. The minimum absolute atomic E-state index is 0.0898. The first-order chi connectivity index (χ1) is 12.0. The second-order valence-corrected chi connectivity index (χ2v) is 7.05. The fourth-order valence-electron chi connectivity index (χ4n) is 3.42. The van der Waals surface area contributed by atoms with Crippen LogP contribution >= 0.6 is 0 Å². The van der Waals surface area contributed by atoms with Crippen molar-refractivity contribution in [3.63, 3.8) is 0 Å². The van der Waals surface area contributed by atoms with E-state index in [-0.39, 0.29) is 12.3 Å². The highest BCUT2D eigenvalue weighted by Crippen LogP contribution is 2.30. The van der Waals surface area contributed by atoms with Crippen molar-refractivity contribution >= 4 is 17.8 Å². The lowest BCUT2D eigenvalue weighted by atomic mass is 9.87. The van der Waals surface area contributed by atoms with Gasteiger partial charge in [0.25, 0.3) is 0 Å². The normalized spacial score (nSPS) is 15.6. The smallest absolute Gasteiger partial charge is 0.342 e. The maximum absolute atomic E-state index is 11.8. The van der Waals surface area contributed by atoms with Gasteiger partial charge in [-0.25, -0.2) is 9.59 Å². The fourth-order valence-corrected chi connectivity index (χ4v) is 3.42. The Bertz CT molecular complexity index is 496. The van der Waals surface area contributed by atoms with E-state index in [1.165, 1.54) is 51.4 Å². The summed E-state index contributed by atoms with van der Waals surface area (Å²) in [5, 5.41) is 0. The number of hydrogen-bond donors (Lipinski definition) is 1. The van der Waals surface area contributed by atoms with E-state index < -0.39 is 17.8 Å². The molecular weight excluding hydrogens is 318 g/mol. The summed E-state index contributed by atoms with van der Waals surface area (Å²) < 4.78 is 4.64. The van der Waals surface area contributed by atoms with Crippen molar-refractivity contribution < 1.29 is 19.1 Å². The summed E-state index contributed by atoms with van der Waals surface area (Å²) in [4.78, 5) is 34.7. The first-order valence-electron chi connectivity index (χ1n) is 9.73. The number of cyclic esters (lactones) is 2. The topological polar surface area (TPSA) is 86.5 Å². The van der Waals surface area contributed by atoms with Gasteiger partial charge in [0.15, 0.2) is 0 Å². The number of primary amides is 1. The number of rotatable bonds is 14. The molecule has 2 N–H and O–H groups in total. The Hall–Kier alpha value is -1.65. The first-order valence-corrected chi connectivity index (χ1v) is 9.73. The maximum Gasteiger partial charge on any atom is 0.342 e. The van der Waals surface area contributed by atoms with Crippen LogP contribution in [0.4, 0.5) is 0 Å². The molecule has 0 bridgehead atoms. The molecule has 1 unspecified atom stereocenters. The van der Waals surface area contributed by atoms with Crippen LogP contribution in [0.2, 0.25) is 0 Å². The van der Waals surface area contributed by atoms with Crippen LogP contribution in [0.15, 0.2) is 11.1 Å². The Morgan fingerprint density at radius 2 is 1.44 bits per heavy atom. The summed E-state index contributed by atoms with van der Waals surface area (Å²) in [7, 11) is 0. The predicted octanol–water partition coefficient (Wildman–Crippen LogP) is 4.19. The Morgan fingerprint density at radius 1 is 0.920 bits per heavy atom. The van der Waals surface area contributed by atoms with Crippen LogP contribution in [0.25, 0.3) is 0 Å². The molecule has 0 aromatic carbocycles. The lowest BCUT2D eigenvalue weighted by Gasteiger charge is -2.15. The molecule has 1 aliphatic heterocycles. The zero-order valence-electron chi connectivity index (χ0n) is 15.8. The number of esters is 2. The van der Waals surface area contributed by atoms with Crippen molar-refractivity contribution in [3.8, 4) is 0 Å². The molecule has 1 aliphatic rings. The number of unbranched alkanes of at least 4 members (excludes halogenated alkanes) is 9. The molecular formula is C20H33NO4. The van der Waals surface area contributed by atoms with Gasteiger partial charge in [-0.05, 0) is 13.3 Å². The van der Waals surface area contributed by atoms with E-state index in [4.69, 9.17) is 5.73 Å². The molecule has 0 aliphatic carbocycles. The van der Waals surface area contributed by atoms with Crippen molar-refractivity contribution in [3.05, 3.63) is 11.1 Å². The average Bonchev–Trinajstić information content (AvgIpc) is 2.80. The monoisotopic (exact) mass is 351 g/mol. The van der Waals surface area contributed by atoms with E-state index in [2.05, 4.69) is 11.7 Å². The molecule has 1 rings (SSSR count). The number of nitrogens with two attached hydrogens (primary N) is 1. The molecule has 0 spiro atoms. The highest BCUT2D eigenvalue weighted by atomic mass is 16.6. The summed E-state index contributed by atoms with van der Waals surface area (Å²) in [6, 6.07) is 0. The largest absolute Gasteiger partial charge is 0.386 e. The molecule has 0 aromatic rings. The van der Waals surface area contributed by atoms with Gasteiger partial charge in [-0.3, -0.25) is 4.79 Å². The predicted molar refractivity (Wildman–Crippen MR) is 97.6 cm³/mol. The molecule has 142 valence electrons. The maximum atomic E-state index is 11.8. The van der Waals surface area contributed by atoms with Crippen molar-refractivity contribution in [2.24, 2.45) is 11.7 Å². The van der Waals surface area contributed by atoms with Gasteiger partial charge in [0.05, 0.1) is 5.57 Å². The van der Waals surface area contributed by atoms with Gasteiger partial charge in [0.2, 0.25) is 5.91 Å². The third-order valence-corrected chi connectivity index (χ3v) is 4.88. The van der Waals surface area contributed by atoms with E-state index in [1.54, 1.807) is 6.92 Å². The van der Waals surface area contributed by atoms with Crippen LogP contribution in [0.3, 0.4) is 0 Å². The highest BCUT2D eigenvalue weighted by Gasteiger charge is 2.35. The number of carbonyl (C=O) groups is 3. The van der Waals surface area contributed by atoms with E-state index >= 15 is 0 Å². The molecule has 1 heterocycles. The quantitative estimate of drug-likeness (QED) is 0.289. The average molecular weight is 351 g/mol. The Kier molecular flexibility index (Phi) is 10.1. The molecule has 0 aromatic heterocycles. The van der Waals surface area contributed by atoms with Crippen molar-refractivity contribution in [1.82, 2.24) is 0 Å². The fraction of sp³-hybridized carbons (Fsp3) is 0.750. The van der Waals surface area contributed by atoms with Gasteiger partial charge >= 0.3 is 11.9 Å². The number of amides is 1. The molecule has 1 amide bonds. The van der Waals surface area contributed by atoms with Crippen LogP contribution in [0.5, 0.6) is 0 Å². The van der Waals surface area contributed by atoms with E-state index in [0.717, 1.165) is 12.8 Å². The number of ether oxygens (including phenoxy) is 1. The molecule has 5 heteroatoms. The van der Waals surface area contributed by atoms with Gasteiger partial charge in [0, 0.05) is 17.9 Å². The molecule has 0 fully saturated rings. The summed E-state index contributed by atoms with van der Waals surface area (Å²) in [6.07, 6.45) is 13.0. The molecule has 0 saturated heterocycles. The van der Waals surface area contributed by atoms with Gasteiger partial charge in [-0.1, -0.05) is 71.1 Å². The Labute approximate surface area is 151 Å². The van der Waals surface area contributed by atoms with E-state index in [1.807, 2.05) is 0 Å². The molecule has 0 saturated carbocycles. The summed E-state index contributed by atoms with van der Waals surface area (Å²) >= 11 is 0. The Morgan fingerprint density at radius 3 is 1.88 bits per heavy atom. The number of hydrogen-bond acceptors (Lipinski definition) is 4. The SMILES string of the molecule is CCCCCCCCCCCCC(CC(N)=O)C1=C(C)C(=O)OC1=O. The van der Waals surface area contributed by atoms with Gasteiger partial charge < -0.3 is 10.5 Å². The minimum atomic E-state index is -0.610. The van der Waals surface area contributed by atoms with Crippen LogP contribution in [0.1, 0.15) is 90.9 Å². The van der Waals surface area contributed by atoms with Gasteiger partial charge in [0.1, 0.15) is 0 Å². The third kappa shape index (κ3) is 7.84. The summed E-state index contributed by atoms with van der Waals surface area (Å²) in [5.74, 6) is -1.96. The minimum Gasteiger partial charge on any atom is -0.386 e. The lowest BCUT2D eigenvalue weighted by molar-refractivity contribution is -0.151. The Balaban J connectivity index is 2.30. The van der Waals surface area contributed by atoms with Crippen LogP contribution in [0, 0.1) is 5.92 Å². The molecule has 25 heavy (non-hydrogen) atoms. The standard InChI is InChI=1S/C20H33NO4/c1-3-4-5-6-7-8-9-10-11-12-13-16(14-17(21)22)18-15(2)19(23)25-20(18)24/h16H,3-14H2,1-2H3,(H2,21,22). The second kappa shape index (κ2) is 11.8. The van der Waals surface area contributed by atoms with E-state index in [0.29, 0.717) is 17.6 Å². The highest BCUT2D eigenvalue weighted by molar-refractivity contribution is 6.12. The molecule has 0 radical (unpaired) electrons. The van der Waals surface area contributed by atoms with E-state index in [9.17, 15) is 14.4 Å². The van der Waals surface area contributed by atoms with Gasteiger partial charge in [-0.2, -0.15) is 0 Å². The van der Waals surface area contributed by atoms with Crippen LogP contribution in [-0.2, 0) is 19.1 Å². The molecule has 5 nitrogen and oxygen atoms in total. The zero-order valence-corrected chi connectivity index (χ0v) is 15.8. The van der Waals surface area contributed by atoms with Crippen LogP contribution < -0.4 is 5.73 Å². The van der Waals surface area contributed by atoms with Gasteiger partial charge in [-0.15, -0.1) is 0 Å². The third-order valence-electron chi connectivity index (χ3n) is 4.88. The summed E-state index contributed by atoms with van der Waals surface area (Å²) in [6.45, 7) is 3.80. The number of carbonyl (C=O) groups excluding carboxylic acids is 3. The second-order valence-electron chi connectivity index (χ2n) is 7.05. The van der Waals surface area contributed by atoms with Crippen LogP contribution in [-0.4, -0.2) is 17.8 Å². The van der Waals surface area contributed by atoms with Crippen molar-refractivity contribution in [1.29, 1.82) is 0 Å². The summed E-state index contributed by atoms with van der Waals surface area (Å²) in [5.41, 5.74) is 5.98. The zero-order chi connectivity index (χ0) is 18.7. The van der Waals surface area contributed by atoms with Crippen molar-refractivity contribution in [2.75, 3.05) is 0 Å². The van der Waals surface area contributed by atoms with Crippen molar-refractivity contribution in [2.45, 2.75) is 90.9 Å². The molecule has 1 atom stereocenters. The first kappa shape index (κ1) is 21.4.